The van der Waals surface area contributed by atoms with Crippen LogP contribution in [0.2, 0.25) is 0 Å². The van der Waals surface area contributed by atoms with Gasteiger partial charge in [0, 0.05) is 0 Å². The van der Waals surface area contributed by atoms with Crippen LogP contribution in [0.3, 0.4) is 0 Å². The molecule has 0 aliphatic heterocycles. The number of rotatable bonds is 5. The summed E-state index contributed by atoms with van der Waals surface area (Å²) in [5.41, 5.74) is 6.39. The average Bonchev–Trinajstić information content (AvgIpc) is 2.71. The van der Waals surface area contributed by atoms with Crippen molar-refractivity contribution in [2.75, 3.05) is 0 Å². The van der Waals surface area contributed by atoms with Gasteiger partial charge in [-0.15, -0.1) is 0 Å². The van der Waals surface area contributed by atoms with Gasteiger partial charge >= 0.3 is 0 Å². The Hall–Kier alpha value is -0.780. The zero-order chi connectivity index (χ0) is 11.4. The highest BCUT2D eigenvalue weighted by Gasteiger charge is 2.12. The molecule has 1 aromatic carbocycles. The summed E-state index contributed by atoms with van der Waals surface area (Å²) in [4.78, 5) is 0. The molecule has 0 saturated carbocycles. The van der Waals surface area contributed by atoms with Crippen LogP contribution in [0.1, 0.15) is 61.3 Å². The number of hydrogen-bond donors (Lipinski definition) is 0. The molecule has 0 nitrogen and oxygen atoms in total. The molecule has 1 aromatic rings. The Morgan fingerprint density at radius 2 is 1.75 bits per heavy atom. The lowest BCUT2D eigenvalue weighted by molar-refractivity contribution is 0.665. The Balaban J connectivity index is 1.98. The van der Waals surface area contributed by atoms with Crippen LogP contribution in [0.5, 0.6) is 0 Å². The summed E-state index contributed by atoms with van der Waals surface area (Å²) in [6, 6.07) is 4.93. The van der Waals surface area contributed by atoms with E-state index in [1.807, 2.05) is 0 Å². The number of benzene rings is 1. The van der Waals surface area contributed by atoms with Crippen molar-refractivity contribution < 1.29 is 0 Å². The smallest absolute Gasteiger partial charge is 0.0273 e. The summed E-state index contributed by atoms with van der Waals surface area (Å²) in [5.74, 6) is 0. The van der Waals surface area contributed by atoms with Crippen molar-refractivity contribution in [2.24, 2.45) is 0 Å². The first kappa shape index (κ1) is 11.7. The molecule has 1 aliphatic rings. The van der Waals surface area contributed by atoms with E-state index in [0.717, 1.165) is 0 Å². The second-order valence-electron chi connectivity index (χ2n) is 5.21. The Bertz CT molecular complexity index is 349. The van der Waals surface area contributed by atoms with Crippen molar-refractivity contribution in [2.45, 2.75) is 65.2 Å². The maximum Gasteiger partial charge on any atom is -0.0273 e. The predicted molar refractivity (Wildman–Crippen MR) is 71.1 cm³/mol. The predicted octanol–water partition coefficient (Wildman–Crippen LogP) is 4.61. The van der Waals surface area contributed by atoms with Crippen molar-refractivity contribution in [1.82, 2.24) is 0 Å². The molecule has 0 radical (unpaired) electrons. The summed E-state index contributed by atoms with van der Waals surface area (Å²) >= 11 is 0. The van der Waals surface area contributed by atoms with Gasteiger partial charge in [-0.25, -0.2) is 0 Å². The zero-order valence-corrected chi connectivity index (χ0v) is 10.8. The van der Waals surface area contributed by atoms with Crippen LogP contribution in [0, 0.1) is 6.92 Å². The Morgan fingerprint density at radius 3 is 2.50 bits per heavy atom. The minimum absolute atomic E-state index is 1.29. The second-order valence-corrected chi connectivity index (χ2v) is 5.21. The molecule has 0 unspecified atom stereocenters. The second kappa shape index (κ2) is 5.52. The molecule has 0 spiro atoms. The first-order chi connectivity index (χ1) is 7.81. The van der Waals surface area contributed by atoms with Crippen molar-refractivity contribution >= 4 is 0 Å². The molecule has 0 fully saturated rings. The van der Waals surface area contributed by atoms with Crippen molar-refractivity contribution in [3.63, 3.8) is 0 Å². The molecule has 0 saturated heterocycles. The Labute approximate surface area is 100 Å². The molecule has 0 N–H and O–H groups in total. The van der Waals surface area contributed by atoms with E-state index in [1.165, 1.54) is 56.9 Å². The first-order valence-corrected chi connectivity index (χ1v) is 6.92. The normalized spacial score (nSPS) is 14.1. The third-order valence-electron chi connectivity index (χ3n) is 3.85. The standard InChI is InChI=1S/C16H24/c1-3-4-5-6-8-14-12-16-10-7-9-15(16)11-13(14)2/h11-12H,3-10H2,1-2H3. The van der Waals surface area contributed by atoms with Gasteiger partial charge in [-0.3, -0.25) is 0 Å². The highest BCUT2D eigenvalue weighted by atomic mass is 14.2. The maximum absolute atomic E-state index is 2.49. The number of aryl methyl sites for hydroxylation is 4. The van der Waals surface area contributed by atoms with Gasteiger partial charge in [0.1, 0.15) is 0 Å². The zero-order valence-electron chi connectivity index (χ0n) is 10.8. The Kier molecular flexibility index (Phi) is 4.04. The van der Waals surface area contributed by atoms with Crippen LogP contribution in [-0.2, 0) is 19.3 Å². The Morgan fingerprint density at radius 1 is 1.00 bits per heavy atom. The van der Waals surface area contributed by atoms with Crippen molar-refractivity contribution in [3.8, 4) is 0 Å². The van der Waals surface area contributed by atoms with Gasteiger partial charge in [-0.1, -0.05) is 38.3 Å². The fraction of sp³-hybridized carbons (Fsp3) is 0.625. The molecule has 16 heavy (non-hydrogen) atoms. The molecule has 0 heterocycles. The molecular formula is C16H24. The number of fused-ring (bicyclic) bond motifs is 1. The van der Waals surface area contributed by atoms with E-state index in [9.17, 15) is 0 Å². The molecular weight excluding hydrogens is 192 g/mol. The van der Waals surface area contributed by atoms with Gasteiger partial charge in [-0.2, -0.15) is 0 Å². The fourth-order valence-electron chi connectivity index (χ4n) is 2.81. The lowest BCUT2D eigenvalue weighted by Gasteiger charge is -2.09. The van der Waals surface area contributed by atoms with Gasteiger partial charge in [0.2, 0.25) is 0 Å². The minimum Gasteiger partial charge on any atom is -0.0654 e. The summed E-state index contributed by atoms with van der Waals surface area (Å²) in [7, 11) is 0. The summed E-state index contributed by atoms with van der Waals surface area (Å²) < 4.78 is 0. The van der Waals surface area contributed by atoms with Crippen LogP contribution < -0.4 is 0 Å². The highest BCUT2D eigenvalue weighted by Crippen LogP contribution is 2.26. The topological polar surface area (TPSA) is 0 Å². The third kappa shape index (κ3) is 2.66. The van der Waals surface area contributed by atoms with E-state index in [0.29, 0.717) is 0 Å². The largest absolute Gasteiger partial charge is 0.0654 e. The fourth-order valence-corrected chi connectivity index (χ4v) is 2.81. The van der Waals surface area contributed by atoms with Gasteiger partial charge < -0.3 is 0 Å². The van der Waals surface area contributed by atoms with E-state index < -0.39 is 0 Å². The summed E-state index contributed by atoms with van der Waals surface area (Å²) in [5, 5.41) is 0. The summed E-state index contributed by atoms with van der Waals surface area (Å²) in [6.45, 7) is 4.56. The molecule has 0 aromatic heterocycles. The lowest BCUT2D eigenvalue weighted by Crippen LogP contribution is -1.94. The van der Waals surface area contributed by atoms with Gasteiger partial charge in [0.25, 0.3) is 0 Å². The van der Waals surface area contributed by atoms with Crippen LogP contribution in [0.4, 0.5) is 0 Å². The molecule has 0 amide bonds. The SMILES string of the molecule is CCCCCCc1cc2c(cc1C)CCC2. The monoisotopic (exact) mass is 216 g/mol. The van der Waals surface area contributed by atoms with Gasteiger partial charge in [0.05, 0.1) is 0 Å². The molecule has 1 aliphatic carbocycles. The van der Waals surface area contributed by atoms with Crippen molar-refractivity contribution in [3.05, 3.63) is 34.4 Å². The number of hydrogen-bond acceptors (Lipinski definition) is 0. The highest BCUT2D eigenvalue weighted by molar-refractivity contribution is 5.40. The lowest BCUT2D eigenvalue weighted by atomic mass is 9.97. The molecule has 0 heteroatoms. The van der Waals surface area contributed by atoms with E-state index in [-0.39, 0.29) is 0 Å². The molecule has 0 atom stereocenters. The first-order valence-electron chi connectivity index (χ1n) is 6.92. The minimum atomic E-state index is 1.29. The average molecular weight is 216 g/mol. The molecule has 0 bridgehead atoms. The van der Waals surface area contributed by atoms with E-state index in [4.69, 9.17) is 0 Å². The molecule has 2 rings (SSSR count). The van der Waals surface area contributed by atoms with Crippen LogP contribution >= 0.6 is 0 Å². The van der Waals surface area contributed by atoms with E-state index >= 15 is 0 Å². The van der Waals surface area contributed by atoms with Crippen molar-refractivity contribution in [1.29, 1.82) is 0 Å². The molecule has 88 valence electrons. The van der Waals surface area contributed by atoms with Gasteiger partial charge in [-0.05, 0) is 61.3 Å². The quantitative estimate of drug-likeness (QED) is 0.631. The third-order valence-corrected chi connectivity index (χ3v) is 3.85. The van der Waals surface area contributed by atoms with Crippen LogP contribution in [-0.4, -0.2) is 0 Å². The van der Waals surface area contributed by atoms with Gasteiger partial charge in [0.15, 0.2) is 0 Å². The van der Waals surface area contributed by atoms with E-state index in [2.05, 4.69) is 26.0 Å². The number of unbranched alkanes of at least 4 members (excludes halogenated alkanes) is 3. The van der Waals surface area contributed by atoms with E-state index in [1.54, 1.807) is 16.7 Å². The van der Waals surface area contributed by atoms with Crippen LogP contribution in [0.25, 0.3) is 0 Å². The maximum atomic E-state index is 2.49. The summed E-state index contributed by atoms with van der Waals surface area (Å²) in [6.07, 6.45) is 10.8. The van der Waals surface area contributed by atoms with Crippen LogP contribution in [0.15, 0.2) is 12.1 Å².